The predicted molar refractivity (Wildman–Crippen MR) is 86.9 cm³/mol. The first-order chi connectivity index (χ1) is 10.5. The normalized spacial score (nSPS) is 50.8. The molecule has 2 heteroatoms. The van der Waals surface area contributed by atoms with E-state index in [4.69, 9.17) is 6.42 Å². The number of aliphatic hydroxyl groups excluding tert-OH is 1. The van der Waals surface area contributed by atoms with Gasteiger partial charge in [-0.2, -0.15) is 0 Å². The molecule has 0 aliphatic heterocycles. The van der Waals surface area contributed by atoms with Gasteiger partial charge in [-0.15, -0.1) is 6.42 Å². The average molecular weight is 300 g/mol. The monoisotopic (exact) mass is 300 g/mol. The van der Waals surface area contributed by atoms with Crippen LogP contribution in [0.15, 0.2) is 11.1 Å². The lowest BCUT2D eigenvalue weighted by Crippen LogP contribution is -2.50. The van der Waals surface area contributed by atoms with Crippen molar-refractivity contribution >= 4 is 0 Å². The molecule has 2 N–H and O–H groups in total. The minimum absolute atomic E-state index is 0.0881. The Kier molecular flexibility index (Phi) is 3.26. The summed E-state index contributed by atoms with van der Waals surface area (Å²) in [6.45, 7) is 2.25. The molecule has 4 aliphatic carbocycles. The first-order valence-corrected chi connectivity index (χ1v) is 9.07. The minimum Gasteiger partial charge on any atom is -0.393 e. The molecule has 0 amide bonds. The van der Waals surface area contributed by atoms with E-state index in [0.717, 1.165) is 44.9 Å². The van der Waals surface area contributed by atoms with Crippen molar-refractivity contribution in [2.75, 3.05) is 0 Å². The van der Waals surface area contributed by atoms with Crippen LogP contribution in [0, 0.1) is 35.5 Å². The number of terminal acetylenes is 1. The lowest BCUT2D eigenvalue weighted by atomic mass is 9.52. The van der Waals surface area contributed by atoms with E-state index in [2.05, 4.69) is 12.8 Å². The second-order valence-electron chi connectivity index (χ2n) is 8.44. The molecule has 0 aromatic heterocycles. The highest BCUT2D eigenvalue weighted by atomic mass is 16.3. The lowest BCUT2D eigenvalue weighted by molar-refractivity contribution is -0.0714. The zero-order chi connectivity index (χ0) is 15.5. The molecule has 120 valence electrons. The van der Waals surface area contributed by atoms with Crippen LogP contribution in [-0.2, 0) is 0 Å². The van der Waals surface area contributed by atoms with Crippen molar-refractivity contribution in [2.24, 2.45) is 23.2 Å². The van der Waals surface area contributed by atoms with Crippen molar-refractivity contribution < 1.29 is 10.2 Å². The molecule has 4 aliphatic rings. The van der Waals surface area contributed by atoms with E-state index in [0.29, 0.717) is 17.8 Å². The maximum absolute atomic E-state index is 10.9. The molecule has 0 saturated heterocycles. The summed E-state index contributed by atoms with van der Waals surface area (Å²) in [6.07, 6.45) is 15.0. The fraction of sp³-hybridized carbons (Fsp3) is 0.800. The SMILES string of the molecule is C#C[C@@]1(O)CC[C@H]2[C@@H]3CCC4=C(CC[C@@H](O)C4)[C@H]3CC[C@@]21C. The molecule has 0 heterocycles. The van der Waals surface area contributed by atoms with Crippen molar-refractivity contribution in [3.05, 3.63) is 11.1 Å². The predicted octanol–water partition coefficient (Wildman–Crippen LogP) is 3.43. The van der Waals surface area contributed by atoms with Gasteiger partial charge in [-0.3, -0.25) is 0 Å². The summed E-state index contributed by atoms with van der Waals surface area (Å²) in [7, 11) is 0. The number of rotatable bonds is 0. The highest BCUT2D eigenvalue weighted by molar-refractivity contribution is 5.30. The third-order valence-corrected chi connectivity index (χ3v) is 7.74. The minimum atomic E-state index is -0.889. The molecule has 6 atom stereocenters. The average Bonchev–Trinajstić information content (AvgIpc) is 2.79. The molecular formula is C20H28O2. The van der Waals surface area contributed by atoms with Gasteiger partial charge in [0.1, 0.15) is 5.60 Å². The number of hydrogen-bond acceptors (Lipinski definition) is 2. The van der Waals surface area contributed by atoms with Crippen molar-refractivity contribution in [1.82, 2.24) is 0 Å². The Labute approximate surface area is 134 Å². The van der Waals surface area contributed by atoms with Crippen molar-refractivity contribution in [3.8, 4) is 12.3 Å². The van der Waals surface area contributed by atoms with Crippen LogP contribution in [0.5, 0.6) is 0 Å². The van der Waals surface area contributed by atoms with Crippen LogP contribution in [-0.4, -0.2) is 21.9 Å². The summed E-state index contributed by atoms with van der Waals surface area (Å²) in [5.74, 6) is 4.73. The van der Waals surface area contributed by atoms with Crippen LogP contribution in [0.3, 0.4) is 0 Å². The Morgan fingerprint density at radius 1 is 1.14 bits per heavy atom. The Morgan fingerprint density at radius 3 is 2.73 bits per heavy atom. The van der Waals surface area contributed by atoms with Gasteiger partial charge in [0.2, 0.25) is 0 Å². The van der Waals surface area contributed by atoms with E-state index >= 15 is 0 Å². The van der Waals surface area contributed by atoms with Crippen LogP contribution in [0.2, 0.25) is 0 Å². The lowest BCUT2D eigenvalue weighted by Gasteiger charge is -2.53. The van der Waals surface area contributed by atoms with Crippen LogP contribution < -0.4 is 0 Å². The van der Waals surface area contributed by atoms with Crippen LogP contribution in [0.1, 0.15) is 64.7 Å². The molecule has 0 aromatic carbocycles. The maximum atomic E-state index is 10.9. The van der Waals surface area contributed by atoms with E-state index in [1.54, 1.807) is 11.1 Å². The van der Waals surface area contributed by atoms with Crippen LogP contribution in [0.25, 0.3) is 0 Å². The van der Waals surface area contributed by atoms with Gasteiger partial charge in [0.15, 0.2) is 0 Å². The molecule has 2 fully saturated rings. The summed E-state index contributed by atoms with van der Waals surface area (Å²) in [5.41, 5.74) is 2.27. The largest absolute Gasteiger partial charge is 0.393 e. The standard InChI is InChI=1S/C20H28O2/c1-3-20(22)11-9-18-17-6-4-13-12-14(21)5-7-15(13)16(17)8-10-19(18,20)2/h1,14,16-18,21-22H,4-12H2,2H3/t14-,16-,17-,18+,19+,20-/m1/s1. The molecule has 0 spiro atoms. The molecule has 0 bridgehead atoms. The summed E-state index contributed by atoms with van der Waals surface area (Å²) in [5, 5.41) is 20.9. The molecule has 0 aromatic rings. The van der Waals surface area contributed by atoms with Gasteiger partial charge in [-0.1, -0.05) is 24.0 Å². The van der Waals surface area contributed by atoms with E-state index in [9.17, 15) is 10.2 Å². The van der Waals surface area contributed by atoms with Crippen LogP contribution >= 0.6 is 0 Å². The summed E-state index contributed by atoms with van der Waals surface area (Å²) >= 11 is 0. The first kappa shape index (κ1) is 14.8. The highest BCUT2D eigenvalue weighted by Crippen LogP contribution is 2.64. The van der Waals surface area contributed by atoms with Crippen molar-refractivity contribution in [1.29, 1.82) is 0 Å². The van der Waals surface area contributed by atoms with Crippen molar-refractivity contribution in [3.63, 3.8) is 0 Å². The smallest absolute Gasteiger partial charge is 0.130 e. The molecule has 2 saturated carbocycles. The summed E-state index contributed by atoms with van der Waals surface area (Å²) < 4.78 is 0. The zero-order valence-electron chi connectivity index (χ0n) is 13.6. The third kappa shape index (κ3) is 1.82. The second kappa shape index (κ2) is 4.86. The molecule has 2 nitrogen and oxygen atoms in total. The first-order valence-electron chi connectivity index (χ1n) is 9.07. The topological polar surface area (TPSA) is 40.5 Å². The number of allylic oxidation sites excluding steroid dienone is 1. The van der Waals surface area contributed by atoms with Gasteiger partial charge in [0.25, 0.3) is 0 Å². The Hall–Kier alpha value is -0.780. The Morgan fingerprint density at radius 2 is 1.95 bits per heavy atom. The zero-order valence-corrected chi connectivity index (χ0v) is 13.6. The van der Waals surface area contributed by atoms with E-state index in [-0.39, 0.29) is 11.5 Å². The highest BCUT2D eigenvalue weighted by Gasteiger charge is 2.61. The van der Waals surface area contributed by atoms with Gasteiger partial charge in [-0.05, 0) is 75.5 Å². The molecule has 4 rings (SSSR count). The van der Waals surface area contributed by atoms with Crippen molar-refractivity contribution in [2.45, 2.75) is 76.4 Å². The number of fused-ring (bicyclic) bond motifs is 4. The van der Waals surface area contributed by atoms with E-state index in [1.807, 2.05) is 0 Å². The second-order valence-corrected chi connectivity index (χ2v) is 8.44. The Balaban J connectivity index is 1.66. The molecule has 0 unspecified atom stereocenters. The Bertz CT molecular complexity index is 557. The summed E-state index contributed by atoms with van der Waals surface area (Å²) in [6, 6.07) is 0. The van der Waals surface area contributed by atoms with Crippen LogP contribution in [0.4, 0.5) is 0 Å². The molecular weight excluding hydrogens is 272 g/mol. The van der Waals surface area contributed by atoms with Gasteiger partial charge in [0.05, 0.1) is 6.10 Å². The third-order valence-electron chi connectivity index (χ3n) is 7.74. The van der Waals surface area contributed by atoms with Gasteiger partial charge < -0.3 is 10.2 Å². The summed E-state index contributed by atoms with van der Waals surface area (Å²) in [4.78, 5) is 0. The van der Waals surface area contributed by atoms with E-state index in [1.165, 1.54) is 12.8 Å². The fourth-order valence-electron chi connectivity index (χ4n) is 6.44. The maximum Gasteiger partial charge on any atom is 0.130 e. The number of aliphatic hydroxyl groups is 2. The van der Waals surface area contributed by atoms with E-state index < -0.39 is 5.60 Å². The fourth-order valence-corrected chi connectivity index (χ4v) is 6.44. The molecule has 0 radical (unpaired) electrons. The van der Waals surface area contributed by atoms with Gasteiger partial charge in [-0.25, -0.2) is 0 Å². The quantitative estimate of drug-likeness (QED) is 0.531. The van der Waals surface area contributed by atoms with Gasteiger partial charge in [0, 0.05) is 5.41 Å². The van der Waals surface area contributed by atoms with Gasteiger partial charge >= 0.3 is 0 Å². The molecule has 22 heavy (non-hydrogen) atoms. The number of hydrogen-bond donors (Lipinski definition) is 2.